The largest absolute Gasteiger partial charge is 0.396 e. The van der Waals surface area contributed by atoms with E-state index in [0.29, 0.717) is 6.54 Å². The Morgan fingerprint density at radius 2 is 2.14 bits per heavy atom. The molecule has 0 saturated carbocycles. The molecule has 5 nitrogen and oxygen atoms in total. The minimum atomic E-state index is -3.65. The SMILES string of the molecule is Cc1cc(S(=O)(=O)N(C)CC2CCCN2C)cc(N)c1F. The lowest BCUT2D eigenvalue weighted by molar-refractivity contribution is 0.271. The van der Waals surface area contributed by atoms with Gasteiger partial charge in [-0.05, 0) is 51.1 Å². The van der Waals surface area contributed by atoms with Crippen LogP contribution in [-0.4, -0.2) is 50.8 Å². The average Bonchev–Trinajstić information content (AvgIpc) is 2.80. The summed E-state index contributed by atoms with van der Waals surface area (Å²) in [5.74, 6) is -0.563. The molecule has 0 aliphatic carbocycles. The van der Waals surface area contributed by atoms with Crippen LogP contribution in [-0.2, 0) is 10.0 Å². The maximum atomic E-state index is 13.5. The summed E-state index contributed by atoms with van der Waals surface area (Å²) in [5.41, 5.74) is 5.63. The van der Waals surface area contributed by atoms with E-state index in [2.05, 4.69) is 4.90 Å². The van der Waals surface area contributed by atoms with Crippen molar-refractivity contribution in [2.45, 2.75) is 30.7 Å². The number of rotatable bonds is 4. The molecule has 21 heavy (non-hydrogen) atoms. The standard InChI is InChI=1S/C14H22FN3O2S/c1-10-7-12(8-13(16)14(10)15)21(19,20)18(3)9-11-5-4-6-17(11)2/h7-8,11H,4-6,9,16H2,1-3H3. The predicted molar refractivity (Wildman–Crippen MR) is 81.0 cm³/mol. The van der Waals surface area contributed by atoms with Crippen molar-refractivity contribution in [2.75, 3.05) is 32.9 Å². The van der Waals surface area contributed by atoms with E-state index in [1.165, 1.54) is 23.4 Å². The number of benzene rings is 1. The Bertz CT molecular complexity index is 610. The van der Waals surface area contributed by atoms with Crippen LogP contribution in [0.3, 0.4) is 0 Å². The number of aryl methyl sites for hydroxylation is 1. The third-order valence-corrected chi connectivity index (χ3v) is 5.90. The van der Waals surface area contributed by atoms with Crippen LogP contribution in [0.15, 0.2) is 17.0 Å². The summed E-state index contributed by atoms with van der Waals surface area (Å²) in [7, 11) is -0.102. The summed E-state index contributed by atoms with van der Waals surface area (Å²) in [6, 6.07) is 2.74. The highest BCUT2D eigenvalue weighted by Crippen LogP contribution is 2.24. The molecule has 1 aromatic carbocycles. The van der Waals surface area contributed by atoms with Crippen molar-refractivity contribution >= 4 is 15.7 Å². The molecule has 0 amide bonds. The number of likely N-dealkylation sites (tertiary alicyclic amines) is 1. The number of anilines is 1. The van der Waals surface area contributed by atoms with E-state index in [-0.39, 0.29) is 22.2 Å². The molecule has 7 heteroatoms. The second kappa shape index (κ2) is 5.90. The van der Waals surface area contributed by atoms with Crippen LogP contribution in [0.5, 0.6) is 0 Å². The van der Waals surface area contributed by atoms with Crippen molar-refractivity contribution < 1.29 is 12.8 Å². The van der Waals surface area contributed by atoms with Crippen molar-refractivity contribution in [3.05, 3.63) is 23.5 Å². The highest BCUT2D eigenvalue weighted by molar-refractivity contribution is 7.89. The van der Waals surface area contributed by atoms with Crippen molar-refractivity contribution in [3.8, 4) is 0 Å². The van der Waals surface area contributed by atoms with Gasteiger partial charge in [-0.1, -0.05) is 0 Å². The van der Waals surface area contributed by atoms with E-state index in [4.69, 9.17) is 5.73 Å². The Labute approximate surface area is 125 Å². The Kier molecular flexibility index (Phi) is 4.55. The van der Waals surface area contributed by atoms with Crippen LogP contribution >= 0.6 is 0 Å². The molecule has 1 heterocycles. The van der Waals surface area contributed by atoms with Crippen molar-refractivity contribution in [3.63, 3.8) is 0 Å². The minimum Gasteiger partial charge on any atom is -0.396 e. The molecule has 0 bridgehead atoms. The molecule has 1 atom stereocenters. The van der Waals surface area contributed by atoms with Gasteiger partial charge in [-0.25, -0.2) is 12.8 Å². The number of sulfonamides is 1. The molecule has 1 fully saturated rings. The first-order valence-corrected chi connectivity index (χ1v) is 8.39. The van der Waals surface area contributed by atoms with E-state index < -0.39 is 15.8 Å². The predicted octanol–water partition coefficient (Wildman–Crippen LogP) is 1.43. The number of likely N-dealkylation sites (N-methyl/N-ethyl adjacent to an activating group) is 2. The Balaban J connectivity index is 2.25. The summed E-state index contributed by atoms with van der Waals surface area (Å²) in [6.45, 7) is 2.92. The molecule has 118 valence electrons. The number of hydrogen-bond acceptors (Lipinski definition) is 4. The Morgan fingerprint density at radius 3 is 2.67 bits per heavy atom. The summed E-state index contributed by atoms with van der Waals surface area (Å²) in [5, 5.41) is 0. The van der Waals surface area contributed by atoms with Gasteiger partial charge < -0.3 is 10.6 Å². The van der Waals surface area contributed by atoms with Gasteiger partial charge in [0.1, 0.15) is 5.82 Å². The third-order valence-electron chi connectivity index (χ3n) is 4.10. The van der Waals surface area contributed by atoms with Crippen LogP contribution < -0.4 is 5.73 Å². The number of nitrogens with zero attached hydrogens (tertiary/aromatic N) is 2. The first-order chi connectivity index (χ1) is 9.73. The van der Waals surface area contributed by atoms with Crippen LogP contribution in [0, 0.1) is 12.7 Å². The topological polar surface area (TPSA) is 66.6 Å². The molecular formula is C14H22FN3O2S. The van der Waals surface area contributed by atoms with Crippen molar-refractivity contribution in [2.24, 2.45) is 0 Å². The van der Waals surface area contributed by atoms with Crippen LogP contribution in [0.1, 0.15) is 18.4 Å². The Morgan fingerprint density at radius 1 is 1.48 bits per heavy atom. The number of halogens is 1. The number of nitrogen functional groups attached to an aromatic ring is 1. The smallest absolute Gasteiger partial charge is 0.242 e. The summed E-state index contributed by atoms with van der Waals surface area (Å²) >= 11 is 0. The lowest BCUT2D eigenvalue weighted by atomic mass is 10.2. The van der Waals surface area contributed by atoms with Crippen molar-refractivity contribution in [1.82, 2.24) is 9.21 Å². The fourth-order valence-corrected chi connectivity index (χ4v) is 4.03. The summed E-state index contributed by atoms with van der Waals surface area (Å²) in [6.07, 6.45) is 2.07. The van der Waals surface area contributed by atoms with Gasteiger partial charge in [0.15, 0.2) is 0 Å². The maximum absolute atomic E-state index is 13.5. The lowest BCUT2D eigenvalue weighted by Gasteiger charge is -2.25. The Hall–Kier alpha value is -1.18. The normalized spacial score (nSPS) is 20.3. The van der Waals surface area contributed by atoms with Crippen LogP contribution in [0.25, 0.3) is 0 Å². The highest BCUT2D eigenvalue weighted by Gasteiger charge is 2.28. The first kappa shape index (κ1) is 16.2. The first-order valence-electron chi connectivity index (χ1n) is 6.95. The molecule has 0 aromatic heterocycles. The number of nitrogens with two attached hydrogens (primary N) is 1. The molecule has 1 aliphatic rings. The average molecular weight is 315 g/mol. The fourth-order valence-electron chi connectivity index (χ4n) is 2.70. The van der Waals surface area contributed by atoms with E-state index in [9.17, 15) is 12.8 Å². The third kappa shape index (κ3) is 3.20. The monoisotopic (exact) mass is 315 g/mol. The van der Waals surface area contributed by atoms with Gasteiger partial charge in [-0.3, -0.25) is 0 Å². The summed E-state index contributed by atoms with van der Waals surface area (Å²) < 4.78 is 40.0. The van der Waals surface area contributed by atoms with Gasteiger partial charge in [0.25, 0.3) is 0 Å². The zero-order chi connectivity index (χ0) is 15.8. The van der Waals surface area contributed by atoms with E-state index in [0.717, 1.165) is 19.4 Å². The van der Waals surface area contributed by atoms with Crippen LogP contribution in [0.4, 0.5) is 10.1 Å². The van der Waals surface area contributed by atoms with Crippen LogP contribution in [0.2, 0.25) is 0 Å². The van der Waals surface area contributed by atoms with E-state index in [1.807, 2.05) is 7.05 Å². The van der Waals surface area contributed by atoms with Crippen molar-refractivity contribution in [1.29, 1.82) is 0 Å². The molecule has 0 spiro atoms. The second-order valence-corrected chi connectivity index (χ2v) is 7.75. The van der Waals surface area contributed by atoms with E-state index >= 15 is 0 Å². The van der Waals surface area contributed by atoms with Gasteiger partial charge in [-0.2, -0.15) is 4.31 Å². The molecule has 1 saturated heterocycles. The van der Waals surface area contributed by atoms with Gasteiger partial charge in [0, 0.05) is 19.6 Å². The maximum Gasteiger partial charge on any atom is 0.242 e. The zero-order valence-corrected chi connectivity index (χ0v) is 13.5. The molecular weight excluding hydrogens is 293 g/mol. The van der Waals surface area contributed by atoms with E-state index in [1.54, 1.807) is 7.05 Å². The number of hydrogen-bond donors (Lipinski definition) is 1. The van der Waals surface area contributed by atoms with Gasteiger partial charge >= 0.3 is 0 Å². The molecule has 1 aromatic rings. The highest BCUT2D eigenvalue weighted by atomic mass is 32.2. The van der Waals surface area contributed by atoms with Gasteiger partial charge in [0.2, 0.25) is 10.0 Å². The minimum absolute atomic E-state index is 0.0436. The molecule has 2 N–H and O–H groups in total. The molecule has 2 rings (SSSR count). The molecule has 0 radical (unpaired) electrons. The zero-order valence-electron chi connectivity index (χ0n) is 12.6. The van der Waals surface area contributed by atoms with Gasteiger partial charge in [0.05, 0.1) is 10.6 Å². The molecule has 1 aliphatic heterocycles. The summed E-state index contributed by atoms with van der Waals surface area (Å²) in [4.78, 5) is 2.21. The molecule has 1 unspecified atom stereocenters. The fraction of sp³-hybridized carbons (Fsp3) is 0.571. The second-order valence-electron chi connectivity index (χ2n) is 5.71. The van der Waals surface area contributed by atoms with Gasteiger partial charge in [-0.15, -0.1) is 0 Å². The quantitative estimate of drug-likeness (QED) is 0.854. The lowest BCUT2D eigenvalue weighted by Crippen LogP contribution is -2.39.